The van der Waals surface area contributed by atoms with E-state index < -0.39 is 5.97 Å². The molecular formula is C14H18O5. The van der Waals surface area contributed by atoms with Crippen LogP contribution < -0.4 is 4.74 Å². The van der Waals surface area contributed by atoms with Crippen molar-refractivity contribution in [3.8, 4) is 5.75 Å². The van der Waals surface area contributed by atoms with Crippen LogP contribution in [0.3, 0.4) is 0 Å². The first-order valence-electron chi connectivity index (χ1n) is 6.30. The van der Waals surface area contributed by atoms with E-state index in [0.29, 0.717) is 12.4 Å². The van der Waals surface area contributed by atoms with Crippen molar-refractivity contribution in [3.63, 3.8) is 0 Å². The number of methoxy groups -OCH3 is 1. The summed E-state index contributed by atoms with van der Waals surface area (Å²) in [5, 5.41) is 9.00. The normalized spacial score (nSPS) is 16.3. The van der Waals surface area contributed by atoms with Crippen LogP contribution in [-0.4, -0.2) is 37.5 Å². The molecular weight excluding hydrogens is 248 g/mol. The molecule has 1 N–H and O–H groups in total. The predicted molar refractivity (Wildman–Crippen MR) is 68.6 cm³/mol. The zero-order valence-corrected chi connectivity index (χ0v) is 10.9. The number of hydrogen-bond donors (Lipinski definition) is 1. The molecule has 5 nitrogen and oxygen atoms in total. The van der Waals surface area contributed by atoms with E-state index >= 15 is 0 Å². The lowest BCUT2D eigenvalue weighted by atomic mass is 10.1. The van der Waals surface area contributed by atoms with E-state index in [-0.39, 0.29) is 11.7 Å². The molecule has 0 bridgehead atoms. The molecule has 0 unspecified atom stereocenters. The lowest BCUT2D eigenvalue weighted by molar-refractivity contribution is -0.0391. The van der Waals surface area contributed by atoms with Crippen molar-refractivity contribution in [1.29, 1.82) is 0 Å². The highest BCUT2D eigenvalue weighted by Crippen LogP contribution is 2.21. The predicted octanol–water partition coefficient (Wildman–Crippen LogP) is 2.09. The summed E-state index contributed by atoms with van der Waals surface area (Å²) in [5.41, 5.74) is 1.07. The van der Waals surface area contributed by atoms with Gasteiger partial charge in [0.05, 0.1) is 19.8 Å². The highest BCUT2D eigenvalue weighted by atomic mass is 16.5. The van der Waals surface area contributed by atoms with Gasteiger partial charge in [0, 0.05) is 13.2 Å². The summed E-state index contributed by atoms with van der Waals surface area (Å²) < 4.78 is 16.1. The SMILES string of the molecule is COc1cc(COC2CCOCC2)ccc1C(=O)O. The number of carbonyl (C=O) groups is 1. The zero-order valence-electron chi connectivity index (χ0n) is 10.9. The summed E-state index contributed by atoms with van der Waals surface area (Å²) in [6, 6.07) is 5.01. The number of hydrogen-bond acceptors (Lipinski definition) is 4. The van der Waals surface area contributed by atoms with Gasteiger partial charge in [-0.2, -0.15) is 0 Å². The van der Waals surface area contributed by atoms with Gasteiger partial charge in [-0.15, -0.1) is 0 Å². The van der Waals surface area contributed by atoms with Crippen molar-refractivity contribution >= 4 is 5.97 Å². The molecule has 0 radical (unpaired) electrons. The first-order valence-corrected chi connectivity index (χ1v) is 6.30. The largest absolute Gasteiger partial charge is 0.496 e. The molecule has 5 heteroatoms. The number of carboxylic acids is 1. The maximum absolute atomic E-state index is 11.0. The molecule has 0 amide bonds. The van der Waals surface area contributed by atoms with E-state index in [9.17, 15) is 4.79 Å². The van der Waals surface area contributed by atoms with Gasteiger partial charge in [0.1, 0.15) is 11.3 Å². The molecule has 0 atom stereocenters. The molecule has 1 aliphatic heterocycles. The number of rotatable bonds is 5. The van der Waals surface area contributed by atoms with Crippen LogP contribution in [0.5, 0.6) is 5.75 Å². The van der Waals surface area contributed by atoms with Crippen molar-refractivity contribution in [2.24, 2.45) is 0 Å². The van der Waals surface area contributed by atoms with Gasteiger partial charge in [-0.05, 0) is 30.5 Å². The van der Waals surface area contributed by atoms with Crippen LogP contribution in [-0.2, 0) is 16.1 Å². The molecule has 104 valence electrons. The average Bonchev–Trinajstić information content (AvgIpc) is 2.45. The van der Waals surface area contributed by atoms with Crippen molar-refractivity contribution in [3.05, 3.63) is 29.3 Å². The lowest BCUT2D eigenvalue weighted by Crippen LogP contribution is -2.23. The topological polar surface area (TPSA) is 65.0 Å². The van der Waals surface area contributed by atoms with E-state index in [4.69, 9.17) is 19.3 Å². The van der Waals surface area contributed by atoms with Gasteiger partial charge < -0.3 is 19.3 Å². The monoisotopic (exact) mass is 266 g/mol. The maximum Gasteiger partial charge on any atom is 0.339 e. The van der Waals surface area contributed by atoms with E-state index in [1.54, 1.807) is 18.2 Å². The fraction of sp³-hybridized carbons (Fsp3) is 0.500. The van der Waals surface area contributed by atoms with Crippen LogP contribution in [0.2, 0.25) is 0 Å². The highest BCUT2D eigenvalue weighted by molar-refractivity contribution is 5.90. The summed E-state index contributed by atoms with van der Waals surface area (Å²) in [6.07, 6.45) is 2.04. The first-order chi connectivity index (χ1) is 9.20. The van der Waals surface area contributed by atoms with Gasteiger partial charge in [-0.1, -0.05) is 6.07 Å². The number of benzene rings is 1. The van der Waals surface area contributed by atoms with E-state index in [0.717, 1.165) is 31.6 Å². The Morgan fingerprint density at radius 2 is 2.16 bits per heavy atom. The maximum atomic E-state index is 11.0. The summed E-state index contributed by atoms with van der Waals surface area (Å²) in [4.78, 5) is 11.0. The molecule has 19 heavy (non-hydrogen) atoms. The Balaban J connectivity index is 1.98. The standard InChI is InChI=1S/C14H18O5/c1-17-13-8-10(2-3-12(13)14(15)16)9-19-11-4-6-18-7-5-11/h2-3,8,11H,4-7,9H2,1H3,(H,15,16). The van der Waals surface area contributed by atoms with E-state index in [1.165, 1.54) is 7.11 Å². The average molecular weight is 266 g/mol. The van der Waals surface area contributed by atoms with Crippen LogP contribution in [0.4, 0.5) is 0 Å². The molecule has 0 saturated carbocycles. The second-order valence-corrected chi connectivity index (χ2v) is 4.46. The third kappa shape index (κ3) is 3.68. The summed E-state index contributed by atoms with van der Waals surface area (Å²) >= 11 is 0. The second-order valence-electron chi connectivity index (χ2n) is 4.46. The minimum atomic E-state index is -0.992. The molecule has 1 aliphatic rings. The number of aromatic carboxylic acids is 1. The molecule has 1 aromatic carbocycles. The van der Waals surface area contributed by atoms with Crippen LogP contribution in [0, 0.1) is 0 Å². The minimum Gasteiger partial charge on any atom is -0.496 e. The third-order valence-corrected chi connectivity index (χ3v) is 3.15. The highest BCUT2D eigenvalue weighted by Gasteiger charge is 2.15. The van der Waals surface area contributed by atoms with Crippen molar-refractivity contribution in [2.75, 3.05) is 20.3 Å². The molecule has 1 fully saturated rings. The van der Waals surface area contributed by atoms with Gasteiger partial charge >= 0.3 is 5.97 Å². The molecule has 1 heterocycles. The quantitative estimate of drug-likeness (QED) is 0.884. The Morgan fingerprint density at radius 1 is 1.42 bits per heavy atom. The Kier molecular flexibility index (Phi) is 4.76. The molecule has 2 rings (SSSR count). The van der Waals surface area contributed by atoms with E-state index in [2.05, 4.69) is 0 Å². The Morgan fingerprint density at radius 3 is 2.79 bits per heavy atom. The van der Waals surface area contributed by atoms with Crippen LogP contribution in [0.1, 0.15) is 28.8 Å². The summed E-state index contributed by atoms with van der Waals surface area (Å²) in [7, 11) is 1.46. The van der Waals surface area contributed by atoms with Gasteiger partial charge in [-0.25, -0.2) is 4.79 Å². The fourth-order valence-electron chi connectivity index (χ4n) is 2.06. The molecule has 0 aliphatic carbocycles. The first kappa shape index (κ1) is 13.8. The zero-order chi connectivity index (χ0) is 13.7. The van der Waals surface area contributed by atoms with Gasteiger partial charge in [-0.3, -0.25) is 0 Å². The fourth-order valence-corrected chi connectivity index (χ4v) is 2.06. The molecule has 1 saturated heterocycles. The minimum absolute atomic E-state index is 0.164. The molecule has 0 spiro atoms. The van der Waals surface area contributed by atoms with Crippen molar-refractivity contribution in [1.82, 2.24) is 0 Å². The van der Waals surface area contributed by atoms with Crippen molar-refractivity contribution < 1.29 is 24.1 Å². The Labute approximate surface area is 112 Å². The lowest BCUT2D eigenvalue weighted by Gasteiger charge is -2.22. The molecule has 0 aromatic heterocycles. The molecule has 1 aromatic rings. The van der Waals surface area contributed by atoms with Gasteiger partial charge in [0.15, 0.2) is 0 Å². The van der Waals surface area contributed by atoms with Crippen molar-refractivity contribution in [2.45, 2.75) is 25.6 Å². The Bertz CT molecular complexity index is 437. The second kappa shape index (κ2) is 6.54. The number of ether oxygens (including phenoxy) is 3. The third-order valence-electron chi connectivity index (χ3n) is 3.15. The smallest absolute Gasteiger partial charge is 0.339 e. The van der Waals surface area contributed by atoms with Crippen LogP contribution in [0.15, 0.2) is 18.2 Å². The Hall–Kier alpha value is -1.59. The van der Waals surface area contributed by atoms with E-state index in [1.807, 2.05) is 0 Å². The van der Waals surface area contributed by atoms with Crippen LogP contribution >= 0.6 is 0 Å². The van der Waals surface area contributed by atoms with Gasteiger partial charge in [0.2, 0.25) is 0 Å². The summed E-state index contributed by atoms with van der Waals surface area (Å²) in [5.74, 6) is -0.630. The van der Waals surface area contributed by atoms with Gasteiger partial charge in [0.25, 0.3) is 0 Å². The van der Waals surface area contributed by atoms with Crippen LogP contribution in [0.25, 0.3) is 0 Å². The number of carboxylic acid groups (broad SMARTS) is 1. The summed E-state index contributed by atoms with van der Waals surface area (Å²) in [6.45, 7) is 1.94.